The van der Waals surface area contributed by atoms with E-state index in [-0.39, 0.29) is 6.42 Å². The van der Waals surface area contributed by atoms with Crippen molar-refractivity contribution in [1.29, 1.82) is 0 Å². The van der Waals surface area contributed by atoms with Gasteiger partial charge in [0.05, 0.1) is 5.71 Å². The molecular formula is C20H14FN3O4. The topological polar surface area (TPSA) is 99.1 Å². The van der Waals surface area contributed by atoms with Gasteiger partial charge in [-0.1, -0.05) is 30.3 Å². The maximum Gasteiger partial charge on any atom is 0.328 e. The van der Waals surface area contributed by atoms with Gasteiger partial charge in [0.1, 0.15) is 5.82 Å². The van der Waals surface area contributed by atoms with Crippen molar-refractivity contribution in [3.63, 3.8) is 0 Å². The molecule has 1 unspecified atom stereocenters. The molecule has 0 radical (unpaired) electrons. The number of nitrogens with zero attached hydrogens (tertiary/aromatic N) is 2. The largest absolute Gasteiger partial charge is 0.478 e. The molecule has 4 rings (SSSR count). The number of carboxylic acids is 1. The van der Waals surface area contributed by atoms with Crippen LogP contribution in [-0.2, 0) is 19.9 Å². The minimum atomic E-state index is -1.43. The fraction of sp³-hybridized carbons (Fsp3) is 0.100. The quantitative estimate of drug-likeness (QED) is 0.799. The Morgan fingerprint density at radius 1 is 1.14 bits per heavy atom. The fourth-order valence-electron chi connectivity index (χ4n) is 3.50. The van der Waals surface area contributed by atoms with Crippen molar-refractivity contribution < 1.29 is 23.9 Å². The van der Waals surface area contributed by atoms with E-state index >= 15 is 0 Å². The molecule has 2 aliphatic rings. The number of carbonyl (C=O) groups excluding carboxylic acids is 2. The molecule has 28 heavy (non-hydrogen) atoms. The van der Waals surface area contributed by atoms with Gasteiger partial charge in [0.15, 0.2) is 5.54 Å². The molecule has 0 aromatic heterocycles. The van der Waals surface area contributed by atoms with Crippen molar-refractivity contribution >= 4 is 29.2 Å². The number of para-hydroxylation sites is 1. The van der Waals surface area contributed by atoms with Gasteiger partial charge in [-0.3, -0.25) is 9.59 Å². The first-order valence-electron chi connectivity index (χ1n) is 8.41. The summed E-state index contributed by atoms with van der Waals surface area (Å²) in [6.45, 7) is 0. The number of carbonyl (C=O) groups is 3. The number of aliphatic carboxylic acids is 1. The summed E-state index contributed by atoms with van der Waals surface area (Å²) in [5, 5.41) is 16.9. The number of hydrogen-bond donors (Lipinski definition) is 2. The van der Waals surface area contributed by atoms with Crippen LogP contribution in [0.2, 0.25) is 0 Å². The first-order chi connectivity index (χ1) is 13.4. The third kappa shape index (κ3) is 2.66. The number of rotatable bonds is 3. The van der Waals surface area contributed by atoms with Crippen LogP contribution in [0.3, 0.4) is 0 Å². The van der Waals surface area contributed by atoms with Crippen LogP contribution in [0, 0.1) is 5.82 Å². The van der Waals surface area contributed by atoms with Crippen LogP contribution in [0.25, 0.3) is 0 Å². The number of benzene rings is 2. The number of nitrogens with one attached hydrogen (secondary N) is 1. The predicted octanol–water partition coefficient (Wildman–Crippen LogP) is 2.25. The number of amides is 2. The van der Waals surface area contributed by atoms with E-state index in [1.807, 2.05) is 0 Å². The van der Waals surface area contributed by atoms with Crippen LogP contribution in [0.1, 0.15) is 17.5 Å². The van der Waals surface area contributed by atoms with Crippen molar-refractivity contribution in [2.45, 2.75) is 12.0 Å². The van der Waals surface area contributed by atoms with E-state index in [0.717, 1.165) is 11.1 Å². The van der Waals surface area contributed by atoms with Crippen LogP contribution in [0.4, 0.5) is 10.1 Å². The maximum atomic E-state index is 13.3. The molecule has 8 heteroatoms. The Morgan fingerprint density at radius 2 is 1.86 bits per heavy atom. The van der Waals surface area contributed by atoms with E-state index in [1.165, 1.54) is 24.3 Å². The third-order valence-electron chi connectivity index (χ3n) is 4.76. The molecule has 2 aromatic carbocycles. The molecule has 1 spiro atoms. The molecule has 0 saturated heterocycles. The number of fused-ring (bicyclic) bond motifs is 2. The van der Waals surface area contributed by atoms with Crippen LogP contribution >= 0.6 is 0 Å². The summed E-state index contributed by atoms with van der Waals surface area (Å²) in [5.41, 5.74) is 0.681. The molecular weight excluding hydrogens is 365 g/mol. The highest BCUT2D eigenvalue weighted by Gasteiger charge is 2.57. The molecule has 0 bridgehead atoms. The number of hydrazone groups is 1. The van der Waals surface area contributed by atoms with Crippen LogP contribution in [0.5, 0.6) is 0 Å². The standard InChI is InChI=1S/C20H14FN3O4/c21-13-7-5-12(6-8-13)16-11-20(24(23-16)17(25)9-10-18(26)27)14-3-1-2-4-15(14)22-19(20)28/h1-10H,11H2,(H,22,28)(H,26,27)/b10-9+. The van der Waals surface area contributed by atoms with Gasteiger partial charge in [-0.05, 0) is 23.8 Å². The Morgan fingerprint density at radius 3 is 2.57 bits per heavy atom. The first-order valence-corrected chi connectivity index (χ1v) is 8.41. The van der Waals surface area contributed by atoms with E-state index in [9.17, 15) is 18.8 Å². The zero-order chi connectivity index (χ0) is 19.9. The van der Waals surface area contributed by atoms with Crippen molar-refractivity contribution in [2.24, 2.45) is 5.10 Å². The van der Waals surface area contributed by atoms with Crippen molar-refractivity contribution in [3.05, 3.63) is 77.6 Å². The van der Waals surface area contributed by atoms with Crippen LogP contribution in [0.15, 0.2) is 65.8 Å². The Hall–Kier alpha value is -3.81. The lowest BCUT2D eigenvalue weighted by Gasteiger charge is -2.29. The van der Waals surface area contributed by atoms with Crippen LogP contribution < -0.4 is 5.32 Å². The molecule has 2 amide bonds. The fourth-order valence-corrected chi connectivity index (χ4v) is 3.50. The van der Waals surface area contributed by atoms with Crippen molar-refractivity contribution in [1.82, 2.24) is 5.01 Å². The summed E-state index contributed by atoms with van der Waals surface area (Å²) in [7, 11) is 0. The lowest BCUT2D eigenvalue weighted by molar-refractivity contribution is -0.140. The normalized spacial score (nSPS) is 20.4. The zero-order valence-electron chi connectivity index (χ0n) is 14.4. The number of hydrogen-bond acceptors (Lipinski definition) is 4. The molecule has 2 N–H and O–H groups in total. The second-order valence-electron chi connectivity index (χ2n) is 6.41. The lowest BCUT2D eigenvalue weighted by Crippen LogP contribution is -2.48. The van der Waals surface area contributed by atoms with Crippen molar-refractivity contribution in [3.8, 4) is 0 Å². The van der Waals surface area contributed by atoms with Gasteiger partial charge >= 0.3 is 5.97 Å². The molecule has 2 aliphatic heterocycles. The molecule has 7 nitrogen and oxygen atoms in total. The highest BCUT2D eigenvalue weighted by molar-refractivity contribution is 6.15. The summed E-state index contributed by atoms with van der Waals surface area (Å²) >= 11 is 0. The predicted molar refractivity (Wildman–Crippen MR) is 97.9 cm³/mol. The molecule has 2 heterocycles. The average Bonchev–Trinajstić information content (AvgIpc) is 3.21. The van der Waals surface area contributed by atoms with Gasteiger partial charge in [-0.25, -0.2) is 14.2 Å². The molecule has 2 aromatic rings. The lowest BCUT2D eigenvalue weighted by atomic mass is 9.85. The smallest absolute Gasteiger partial charge is 0.328 e. The van der Waals surface area contributed by atoms with E-state index in [4.69, 9.17) is 5.11 Å². The summed E-state index contributed by atoms with van der Waals surface area (Å²) in [5.74, 6) is -2.89. The minimum absolute atomic E-state index is 0.0775. The van der Waals surface area contributed by atoms with Gasteiger partial charge < -0.3 is 10.4 Å². The number of anilines is 1. The molecule has 1 atom stereocenters. The number of halogens is 1. The maximum absolute atomic E-state index is 13.3. The first kappa shape index (κ1) is 17.6. The second kappa shape index (κ2) is 6.41. The van der Waals surface area contributed by atoms with Gasteiger partial charge in [-0.2, -0.15) is 5.10 Å². The molecule has 0 saturated carbocycles. The summed E-state index contributed by atoms with van der Waals surface area (Å²) in [6, 6.07) is 12.5. The second-order valence-corrected chi connectivity index (χ2v) is 6.41. The molecule has 0 fully saturated rings. The average molecular weight is 379 g/mol. The monoisotopic (exact) mass is 379 g/mol. The van der Waals surface area contributed by atoms with E-state index in [0.29, 0.717) is 28.6 Å². The Labute approximate surface area is 158 Å². The Balaban J connectivity index is 1.84. The zero-order valence-corrected chi connectivity index (χ0v) is 14.4. The number of carboxylic acid groups (broad SMARTS) is 1. The highest BCUT2D eigenvalue weighted by atomic mass is 19.1. The van der Waals surface area contributed by atoms with Gasteiger partial charge in [0, 0.05) is 29.8 Å². The van der Waals surface area contributed by atoms with E-state index in [1.54, 1.807) is 24.3 Å². The van der Waals surface area contributed by atoms with Crippen LogP contribution in [-0.4, -0.2) is 33.6 Å². The highest BCUT2D eigenvalue weighted by Crippen LogP contribution is 2.47. The van der Waals surface area contributed by atoms with Gasteiger partial charge in [0.2, 0.25) is 0 Å². The molecule has 0 aliphatic carbocycles. The SMILES string of the molecule is O=C(O)/C=C/C(=O)N1N=C(c2ccc(F)cc2)CC12C(=O)Nc1ccccc12. The minimum Gasteiger partial charge on any atom is -0.478 e. The summed E-state index contributed by atoms with van der Waals surface area (Å²) in [6.07, 6.45) is 1.63. The third-order valence-corrected chi connectivity index (χ3v) is 4.76. The summed E-state index contributed by atoms with van der Waals surface area (Å²) in [4.78, 5) is 36.5. The Kier molecular flexibility index (Phi) is 4.03. The van der Waals surface area contributed by atoms with Crippen molar-refractivity contribution in [2.75, 3.05) is 5.32 Å². The summed E-state index contributed by atoms with van der Waals surface area (Å²) < 4.78 is 13.3. The van der Waals surface area contributed by atoms with E-state index in [2.05, 4.69) is 10.4 Å². The van der Waals surface area contributed by atoms with E-state index < -0.39 is 29.1 Å². The Bertz CT molecular complexity index is 1060. The van der Waals surface area contributed by atoms with Gasteiger partial charge in [0.25, 0.3) is 11.8 Å². The van der Waals surface area contributed by atoms with Gasteiger partial charge in [-0.15, -0.1) is 0 Å². The molecule has 140 valence electrons.